The van der Waals surface area contributed by atoms with E-state index in [1.165, 1.54) is 5.56 Å². The van der Waals surface area contributed by atoms with Crippen molar-refractivity contribution in [2.45, 2.75) is 33.1 Å². The minimum absolute atomic E-state index is 0.0462. The van der Waals surface area contributed by atoms with Crippen LogP contribution in [0.1, 0.15) is 49.0 Å². The van der Waals surface area contributed by atoms with Gasteiger partial charge in [0.2, 0.25) is 0 Å². The van der Waals surface area contributed by atoms with Gasteiger partial charge in [0.25, 0.3) is 5.91 Å². The highest BCUT2D eigenvalue weighted by Gasteiger charge is 2.08. The molecule has 2 N–H and O–H groups in total. The van der Waals surface area contributed by atoms with Gasteiger partial charge in [-0.25, -0.2) is 0 Å². The standard InChI is InChI=1S/C15H23NO2/c1-11(2)13-4-6-14(7-5-13)15(18)16-10-12(3)8-9-17/h4-7,11-12,17H,8-10H2,1-3H3,(H,16,18). The third-order valence-corrected chi connectivity index (χ3v) is 3.07. The van der Waals surface area contributed by atoms with Crippen molar-refractivity contribution >= 4 is 5.91 Å². The molecule has 0 saturated carbocycles. The predicted molar refractivity (Wildman–Crippen MR) is 73.7 cm³/mol. The molecule has 0 aromatic heterocycles. The highest BCUT2D eigenvalue weighted by molar-refractivity contribution is 5.94. The fourth-order valence-electron chi connectivity index (χ4n) is 1.71. The van der Waals surface area contributed by atoms with Gasteiger partial charge in [-0.3, -0.25) is 4.79 Å². The summed E-state index contributed by atoms with van der Waals surface area (Å²) in [5.74, 6) is 0.732. The van der Waals surface area contributed by atoms with Crippen LogP contribution in [0.4, 0.5) is 0 Å². The van der Waals surface area contributed by atoms with Crippen molar-refractivity contribution in [3.8, 4) is 0 Å². The van der Waals surface area contributed by atoms with Crippen LogP contribution in [-0.4, -0.2) is 24.2 Å². The van der Waals surface area contributed by atoms with E-state index in [4.69, 9.17) is 5.11 Å². The molecular weight excluding hydrogens is 226 g/mol. The van der Waals surface area contributed by atoms with E-state index in [1.54, 1.807) is 0 Å². The summed E-state index contributed by atoms with van der Waals surface area (Å²) >= 11 is 0. The van der Waals surface area contributed by atoms with Crippen molar-refractivity contribution < 1.29 is 9.90 Å². The molecule has 0 spiro atoms. The Kier molecular flexibility index (Phi) is 5.86. The Morgan fingerprint density at radius 3 is 2.33 bits per heavy atom. The van der Waals surface area contributed by atoms with Crippen LogP contribution >= 0.6 is 0 Å². The largest absolute Gasteiger partial charge is 0.396 e. The molecule has 1 rings (SSSR count). The van der Waals surface area contributed by atoms with Crippen molar-refractivity contribution in [3.63, 3.8) is 0 Å². The summed E-state index contributed by atoms with van der Waals surface area (Å²) in [5, 5.41) is 11.7. The summed E-state index contributed by atoms with van der Waals surface area (Å²) in [6, 6.07) is 7.72. The van der Waals surface area contributed by atoms with E-state index in [1.807, 2.05) is 31.2 Å². The van der Waals surface area contributed by atoms with E-state index < -0.39 is 0 Å². The highest BCUT2D eigenvalue weighted by Crippen LogP contribution is 2.14. The average Bonchev–Trinajstić information content (AvgIpc) is 2.36. The molecule has 3 heteroatoms. The molecule has 3 nitrogen and oxygen atoms in total. The molecule has 0 bridgehead atoms. The number of aliphatic hydroxyl groups is 1. The van der Waals surface area contributed by atoms with Gasteiger partial charge in [-0.05, 0) is 36.0 Å². The number of hydrogen-bond donors (Lipinski definition) is 2. The van der Waals surface area contributed by atoms with Crippen molar-refractivity contribution in [2.75, 3.05) is 13.2 Å². The Labute approximate surface area is 109 Å². The molecule has 0 fully saturated rings. The van der Waals surface area contributed by atoms with Gasteiger partial charge in [-0.2, -0.15) is 0 Å². The molecular formula is C15H23NO2. The quantitative estimate of drug-likeness (QED) is 0.814. The first-order valence-electron chi connectivity index (χ1n) is 6.53. The molecule has 1 aromatic rings. The highest BCUT2D eigenvalue weighted by atomic mass is 16.3. The Morgan fingerprint density at radius 1 is 1.22 bits per heavy atom. The molecule has 1 atom stereocenters. The fraction of sp³-hybridized carbons (Fsp3) is 0.533. The Bertz CT molecular complexity index is 371. The lowest BCUT2D eigenvalue weighted by atomic mass is 10.0. The first-order chi connectivity index (χ1) is 8.54. The predicted octanol–water partition coefficient (Wildman–Crippen LogP) is 2.56. The first-order valence-corrected chi connectivity index (χ1v) is 6.53. The van der Waals surface area contributed by atoms with Crippen molar-refractivity contribution in [1.29, 1.82) is 0 Å². The van der Waals surface area contributed by atoms with Crippen LogP contribution in [0, 0.1) is 5.92 Å². The van der Waals surface area contributed by atoms with E-state index >= 15 is 0 Å². The maximum absolute atomic E-state index is 11.9. The Morgan fingerprint density at radius 2 is 1.83 bits per heavy atom. The second-order valence-electron chi connectivity index (χ2n) is 5.10. The smallest absolute Gasteiger partial charge is 0.251 e. The lowest BCUT2D eigenvalue weighted by Gasteiger charge is -2.11. The molecule has 0 aliphatic heterocycles. The first kappa shape index (κ1) is 14.7. The van der Waals surface area contributed by atoms with Crippen LogP contribution < -0.4 is 5.32 Å². The lowest BCUT2D eigenvalue weighted by Crippen LogP contribution is -2.28. The summed E-state index contributed by atoms with van der Waals surface area (Å²) in [4.78, 5) is 11.9. The molecule has 0 aliphatic carbocycles. The summed E-state index contributed by atoms with van der Waals surface area (Å²) < 4.78 is 0. The van der Waals surface area contributed by atoms with E-state index in [9.17, 15) is 4.79 Å². The number of carbonyl (C=O) groups is 1. The van der Waals surface area contributed by atoms with Crippen molar-refractivity contribution in [3.05, 3.63) is 35.4 Å². The number of aliphatic hydroxyl groups excluding tert-OH is 1. The zero-order valence-electron chi connectivity index (χ0n) is 11.4. The van der Waals surface area contributed by atoms with Crippen LogP contribution in [0.5, 0.6) is 0 Å². The maximum Gasteiger partial charge on any atom is 0.251 e. The van der Waals surface area contributed by atoms with Crippen LogP contribution in [0.2, 0.25) is 0 Å². The molecule has 0 radical (unpaired) electrons. The third-order valence-electron chi connectivity index (χ3n) is 3.07. The van der Waals surface area contributed by atoms with Crippen LogP contribution in [0.15, 0.2) is 24.3 Å². The molecule has 1 amide bonds. The van der Waals surface area contributed by atoms with E-state index in [-0.39, 0.29) is 12.5 Å². The summed E-state index contributed by atoms with van der Waals surface area (Å²) in [6.07, 6.45) is 0.715. The summed E-state index contributed by atoms with van der Waals surface area (Å²) in [7, 11) is 0. The van der Waals surface area contributed by atoms with Gasteiger partial charge >= 0.3 is 0 Å². The number of hydrogen-bond acceptors (Lipinski definition) is 2. The minimum Gasteiger partial charge on any atom is -0.396 e. The van der Waals surface area contributed by atoms with Crippen LogP contribution in [0.25, 0.3) is 0 Å². The number of rotatable bonds is 6. The maximum atomic E-state index is 11.9. The van der Waals surface area contributed by atoms with Gasteiger partial charge in [0.15, 0.2) is 0 Å². The molecule has 0 heterocycles. The van der Waals surface area contributed by atoms with Crippen molar-refractivity contribution in [1.82, 2.24) is 5.32 Å². The zero-order valence-corrected chi connectivity index (χ0v) is 11.4. The Hall–Kier alpha value is -1.35. The number of carbonyl (C=O) groups excluding carboxylic acids is 1. The normalized spacial score (nSPS) is 12.5. The van der Waals surface area contributed by atoms with Gasteiger partial charge < -0.3 is 10.4 Å². The molecule has 0 aliphatic rings. The van der Waals surface area contributed by atoms with Crippen LogP contribution in [0.3, 0.4) is 0 Å². The molecule has 1 unspecified atom stereocenters. The summed E-state index contributed by atoms with van der Waals surface area (Å²) in [5.41, 5.74) is 1.93. The fourth-order valence-corrected chi connectivity index (χ4v) is 1.71. The van der Waals surface area contributed by atoms with E-state index in [0.29, 0.717) is 30.4 Å². The van der Waals surface area contributed by atoms with E-state index in [2.05, 4.69) is 19.2 Å². The summed E-state index contributed by atoms with van der Waals surface area (Å²) in [6.45, 7) is 7.04. The number of amides is 1. The van der Waals surface area contributed by atoms with E-state index in [0.717, 1.165) is 0 Å². The van der Waals surface area contributed by atoms with Gasteiger partial charge in [0, 0.05) is 18.7 Å². The molecule has 0 saturated heterocycles. The Balaban J connectivity index is 2.51. The molecule has 18 heavy (non-hydrogen) atoms. The van der Waals surface area contributed by atoms with Gasteiger partial charge in [-0.1, -0.05) is 32.9 Å². The topological polar surface area (TPSA) is 49.3 Å². The SMILES string of the molecule is CC(CCO)CNC(=O)c1ccc(C(C)C)cc1. The van der Waals surface area contributed by atoms with Crippen molar-refractivity contribution in [2.24, 2.45) is 5.92 Å². The average molecular weight is 249 g/mol. The zero-order chi connectivity index (χ0) is 13.5. The number of nitrogens with one attached hydrogen (secondary N) is 1. The third kappa shape index (κ3) is 4.49. The van der Waals surface area contributed by atoms with Crippen LogP contribution in [-0.2, 0) is 0 Å². The molecule has 1 aromatic carbocycles. The lowest BCUT2D eigenvalue weighted by molar-refractivity contribution is 0.0945. The number of benzene rings is 1. The molecule has 100 valence electrons. The second-order valence-corrected chi connectivity index (χ2v) is 5.10. The van der Waals surface area contributed by atoms with Gasteiger partial charge in [0.05, 0.1) is 0 Å². The minimum atomic E-state index is -0.0462. The van der Waals surface area contributed by atoms with Gasteiger partial charge in [0.1, 0.15) is 0 Å². The monoisotopic (exact) mass is 249 g/mol. The second kappa shape index (κ2) is 7.17. The van der Waals surface area contributed by atoms with Gasteiger partial charge in [-0.15, -0.1) is 0 Å².